The highest BCUT2D eigenvalue weighted by Crippen LogP contribution is 2.26. The predicted molar refractivity (Wildman–Crippen MR) is 74.8 cm³/mol. The average Bonchev–Trinajstić information content (AvgIpc) is 2.75. The Morgan fingerprint density at radius 1 is 1.37 bits per heavy atom. The summed E-state index contributed by atoms with van der Waals surface area (Å²) >= 11 is 0. The maximum absolute atomic E-state index is 12.2. The highest BCUT2D eigenvalue weighted by Gasteiger charge is 2.36. The quantitative estimate of drug-likeness (QED) is 0.778. The number of hydrogen-bond acceptors (Lipinski definition) is 3. The number of rotatable bonds is 3. The van der Waals surface area contributed by atoms with Gasteiger partial charge in [-0.2, -0.15) is 0 Å². The van der Waals surface area contributed by atoms with Crippen LogP contribution >= 0.6 is 0 Å². The lowest BCUT2D eigenvalue weighted by atomic mass is 9.82. The first-order valence-corrected chi connectivity index (χ1v) is 7.38. The standard InChI is InChI=1S/C15H26N2O2/c1-15(2)11-17(9-7-13(15)18)14(19)5-4-12-6-8-16(3)10-12/h12H,4-11H2,1-3H3. The van der Waals surface area contributed by atoms with E-state index >= 15 is 0 Å². The molecule has 1 atom stereocenters. The summed E-state index contributed by atoms with van der Waals surface area (Å²) in [7, 11) is 2.14. The highest BCUT2D eigenvalue weighted by atomic mass is 16.2. The van der Waals surface area contributed by atoms with E-state index < -0.39 is 0 Å². The van der Waals surface area contributed by atoms with Gasteiger partial charge < -0.3 is 9.80 Å². The van der Waals surface area contributed by atoms with E-state index in [4.69, 9.17) is 0 Å². The summed E-state index contributed by atoms with van der Waals surface area (Å²) in [6.45, 7) is 7.38. The van der Waals surface area contributed by atoms with Crippen LogP contribution in [0.5, 0.6) is 0 Å². The van der Waals surface area contributed by atoms with Crippen LogP contribution in [-0.4, -0.2) is 54.7 Å². The summed E-state index contributed by atoms with van der Waals surface area (Å²) in [6, 6.07) is 0. The monoisotopic (exact) mass is 266 g/mol. The van der Waals surface area contributed by atoms with Gasteiger partial charge in [0.15, 0.2) is 0 Å². The zero-order valence-electron chi connectivity index (χ0n) is 12.4. The minimum atomic E-state index is -0.360. The predicted octanol–water partition coefficient (Wildman–Crippen LogP) is 1.55. The summed E-state index contributed by atoms with van der Waals surface area (Å²) in [5.74, 6) is 1.19. The molecule has 0 radical (unpaired) electrons. The van der Waals surface area contributed by atoms with Crippen LogP contribution in [0.15, 0.2) is 0 Å². The maximum Gasteiger partial charge on any atom is 0.222 e. The van der Waals surface area contributed by atoms with Crippen molar-refractivity contribution in [2.75, 3.05) is 33.2 Å². The lowest BCUT2D eigenvalue weighted by Gasteiger charge is -2.37. The van der Waals surface area contributed by atoms with E-state index in [0.29, 0.717) is 31.8 Å². The van der Waals surface area contributed by atoms with E-state index in [1.807, 2.05) is 18.7 Å². The lowest BCUT2D eigenvalue weighted by molar-refractivity contribution is -0.141. The fourth-order valence-corrected chi connectivity index (χ4v) is 3.18. The SMILES string of the molecule is CN1CCC(CCC(=O)N2CCC(=O)C(C)(C)C2)C1. The lowest BCUT2D eigenvalue weighted by Crippen LogP contribution is -2.48. The van der Waals surface area contributed by atoms with E-state index in [0.717, 1.165) is 19.5 Å². The molecular weight excluding hydrogens is 240 g/mol. The number of amides is 1. The number of Topliss-reactive ketones (excluding diaryl/α,β-unsaturated/α-hetero) is 1. The molecule has 0 aromatic rings. The Morgan fingerprint density at radius 2 is 2.11 bits per heavy atom. The zero-order valence-corrected chi connectivity index (χ0v) is 12.4. The Bertz CT molecular complexity index is 365. The first-order chi connectivity index (χ1) is 8.88. The number of carbonyl (C=O) groups is 2. The molecule has 2 aliphatic heterocycles. The van der Waals surface area contributed by atoms with Gasteiger partial charge in [0.25, 0.3) is 0 Å². The molecule has 2 saturated heterocycles. The molecule has 4 heteroatoms. The molecule has 2 rings (SSSR count). The van der Waals surface area contributed by atoms with E-state index in [1.165, 1.54) is 6.42 Å². The summed E-state index contributed by atoms with van der Waals surface area (Å²) in [5, 5.41) is 0. The fraction of sp³-hybridized carbons (Fsp3) is 0.867. The second-order valence-electron chi connectivity index (χ2n) is 6.83. The molecule has 0 saturated carbocycles. The van der Waals surface area contributed by atoms with Crippen LogP contribution in [0.2, 0.25) is 0 Å². The average molecular weight is 266 g/mol. The van der Waals surface area contributed by atoms with Gasteiger partial charge in [0.1, 0.15) is 5.78 Å². The van der Waals surface area contributed by atoms with Crippen molar-refractivity contribution in [1.29, 1.82) is 0 Å². The van der Waals surface area contributed by atoms with Gasteiger partial charge >= 0.3 is 0 Å². The third kappa shape index (κ3) is 3.56. The highest BCUT2D eigenvalue weighted by molar-refractivity contribution is 5.87. The van der Waals surface area contributed by atoms with E-state index in [2.05, 4.69) is 11.9 Å². The normalized spacial score (nSPS) is 27.8. The molecule has 0 aliphatic carbocycles. The molecule has 0 spiro atoms. The van der Waals surface area contributed by atoms with Crippen molar-refractivity contribution in [2.45, 2.75) is 39.5 Å². The van der Waals surface area contributed by atoms with Crippen LogP contribution in [-0.2, 0) is 9.59 Å². The van der Waals surface area contributed by atoms with Gasteiger partial charge in [-0.3, -0.25) is 9.59 Å². The molecule has 0 aromatic heterocycles. The van der Waals surface area contributed by atoms with Gasteiger partial charge in [0.05, 0.1) is 0 Å². The van der Waals surface area contributed by atoms with Gasteiger partial charge in [-0.15, -0.1) is 0 Å². The summed E-state index contributed by atoms with van der Waals surface area (Å²) in [6.07, 6.45) is 3.37. The van der Waals surface area contributed by atoms with Gasteiger partial charge in [-0.1, -0.05) is 13.8 Å². The molecule has 1 unspecified atom stereocenters. The molecular formula is C15H26N2O2. The first kappa shape index (κ1) is 14.5. The van der Waals surface area contributed by atoms with Crippen LogP contribution in [0.3, 0.4) is 0 Å². The summed E-state index contributed by atoms with van der Waals surface area (Å²) in [4.78, 5) is 28.2. The minimum Gasteiger partial charge on any atom is -0.341 e. The topological polar surface area (TPSA) is 40.6 Å². The molecule has 0 bridgehead atoms. The molecule has 19 heavy (non-hydrogen) atoms. The van der Waals surface area contributed by atoms with Crippen molar-refractivity contribution in [3.63, 3.8) is 0 Å². The smallest absolute Gasteiger partial charge is 0.222 e. The molecule has 0 N–H and O–H groups in total. The molecule has 0 aromatic carbocycles. The van der Waals surface area contributed by atoms with Crippen molar-refractivity contribution in [2.24, 2.45) is 11.3 Å². The van der Waals surface area contributed by atoms with Crippen LogP contribution in [0.1, 0.15) is 39.5 Å². The molecule has 2 fully saturated rings. The Kier molecular flexibility index (Phi) is 4.29. The van der Waals surface area contributed by atoms with Gasteiger partial charge in [0.2, 0.25) is 5.91 Å². The molecule has 4 nitrogen and oxygen atoms in total. The third-order valence-corrected chi connectivity index (χ3v) is 4.56. The van der Waals surface area contributed by atoms with Crippen molar-refractivity contribution in [3.05, 3.63) is 0 Å². The third-order valence-electron chi connectivity index (χ3n) is 4.56. The number of piperidine rings is 1. The van der Waals surface area contributed by atoms with Gasteiger partial charge in [-0.05, 0) is 32.4 Å². The van der Waals surface area contributed by atoms with E-state index in [-0.39, 0.29) is 17.1 Å². The number of carbonyl (C=O) groups excluding carboxylic acids is 2. The van der Waals surface area contributed by atoms with E-state index in [1.54, 1.807) is 0 Å². The Morgan fingerprint density at radius 3 is 2.68 bits per heavy atom. The Balaban J connectivity index is 1.79. The largest absolute Gasteiger partial charge is 0.341 e. The zero-order chi connectivity index (χ0) is 14.0. The number of ketones is 1. The van der Waals surface area contributed by atoms with Crippen LogP contribution < -0.4 is 0 Å². The molecule has 108 valence electrons. The molecule has 2 heterocycles. The van der Waals surface area contributed by atoms with E-state index in [9.17, 15) is 9.59 Å². The van der Waals surface area contributed by atoms with Crippen molar-refractivity contribution < 1.29 is 9.59 Å². The molecule has 2 aliphatic rings. The minimum absolute atomic E-state index is 0.232. The number of nitrogens with zero attached hydrogens (tertiary/aromatic N) is 2. The van der Waals surface area contributed by atoms with Crippen LogP contribution in [0, 0.1) is 11.3 Å². The van der Waals surface area contributed by atoms with Crippen molar-refractivity contribution in [3.8, 4) is 0 Å². The van der Waals surface area contributed by atoms with Crippen molar-refractivity contribution >= 4 is 11.7 Å². The first-order valence-electron chi connectivity index (χ1n) is 7.38. The maximum atomic E-state index is 12.2. The number of hydrogen-bond donors (Lipinski definition) is 0. The summed E-state index contributed by atoms with van der Waals surface area (Å²) < 4.78 is 0. The van der Waals surface area contributed by atoms with Crippen LogP contribution in [0.4, 0.5) is 0 Å². The molecule has 1 amide bonds. The second-order valence-corrected chi connectivity index (χ2v) is 6.83. The second kappa shape index (κ2) is 5.61. The Hall–Kier alpha value is -0.900. The fourth-order valence-electron chi connectivity index (χ4n) is 3.18. The summed E-state index contributed by atoms with van der Waals surface area (Å²) in [5.41, 5.74) is -0.360. The van der Waals surface area contributed by atoms with Gasteiger partial charge in [0, 0.05) is 37.9 Å². The number of likely N-dealkylation sites (tertiary alicyclic amines) is 2. The van der Waals surface area contributed by atoms with Crippen LogP contribution in [0.25, 0.3) is 0 Å². The van der Waals surface area contributed by atoms with Crippen molar-refractivity contribution in [1.82, 2.24) is 9.80 Å². The Labute approximate surface area is 116 Å². The van der Waals surface area contributed by atoms with Gasteiger partial charge in [-0.25, -0.2) is 0 Å².